The van der Waals surface area contributed by atoms with Gasteiger partial charge < -0.3 is 19.4 Å². The van der Waals surface area contributed by atoms with Gasteiger partial charge in [0.25, 0.3) is 5.91 Å². The Morgan fingerprint density at radius 1 is 1.11 bits per heavy atom. The molecule has 0 bridgehead atoms. The van der Waals surface area contributed by atoms with Crippen LogP contribution in [0.5, 0.6) is 0 Å². The van der Waals surface area contributed by atoms with Gasteiger partial charge in [0.1, 0.15) is 12.6 Å². The summed E-state index contributed by atoms with van der Waals surface area (Å²) in [4.78, 5) is 43.6. The molecule has 2 saturated heterocycles. The number of amides is 3. The second-order valence-electron chi connectivity index (χ2n) is 6.94. The zero-order valence-electron chi connectivity index (χ0n) is 15.1. The molecule has 1 atom stereocenters. The molecule has 2 fully saturated rings. The normalized spacial score (nSPS) is 22.7. The van der Waals surface area contributed by atoms with Crippen LogP contribution in [0.2, 0.25) is 0 Å². The lowest BCUT2D eigenvalue weighted by atomic mass is 10.2. The molecule has 4 rings (SSSR count). The van der Waals surface area contributed by atoms with Crippen molar-refractivity contribution < 1.29 is 19.1 Å². The molecule has 3 heterocycles. The van der Waals surface area contributed by atoms with Gasteiger partial charge in [-0.25, -0.2) is 0 Å². The summed E-state index contributed by atoms with van der Waals surface area (Å²) < 4.78 is 5.47. The first-order chi connectivity index (χ1) is 13.1. The number of thioether (sulfide) groups is 1. The monoisotopic (exact) mass is 389 g/mol. The average Bonchev–Trinajstić information content (AvgIpc) is 3.24. The van der Waals surface area contributed by atoms with Crippen LogP contribution in [-0.4, -0.2) is 78.7 Å². The lowest BCUT2D eigenvalue weighted by Gasteiger charge is -2.37. The molecule has 1 unspecified atom stereocenters. The van der Waals surface area contributed by atoms with Gasteiger partial charge in [0.05, 0.1) is 11.4 Å². The van der Waals surface area contributed by atoms with E-state index in [9.17, 15) is 14.4 Å². The quantitative estimate of drug-likeness (QED) is 0.771. The first-order valence-electron chi connectivity index (χ1n) is 9.34. The topological polar surface area (TPSA) is 70.2 Å². The highest BCUT2D eigenvalue weighted by molar-refractivity contribution is 8.00. The Hall–Kier alpha value is -2.06. The summed E-state index contributed by atoms with van der Waals surface area (Å²) in [5.74, 6) is 0.277. The largest absolute Gasteiger partial charge is 0.368 e. The Kier molecular flexibility index (Phi) is 5.36. The van der Waals surface area contributed by atoms with Crippen molar-refractivity contribution in [2.75, 3.05) is 50.0 Å². The van der Waals surface area contributed by atoms with Crippen molar-refractivity contribution in [3.8, 4) is 0 Å². The van der Waals surface area contributed by atoms with Gasteiger partial charge >= 0.3 is 0 Å². The maximum absolute atomic E-state index is 12.8. The summed E-state index contributed by atoms with van der Waals surface area (Å²) in [5, 5.41) is 0. The number of ether oxygens (including phenoxy) is 1. The van der Waals surface area contributed by atoms with Gasteiger partial charge in [-0.1, -0.05) is 12.1 Å². The van der Waals surface area contributed by atoms with Crippen molar-refractivity contribution in [3.05, 3.63) is 24.3 Å². The summed E-state index contributed by atoms with van der Waals surface area (Å²) in [6.07, 6.45) is 1.40. The van der Waals surface area contributed by atoms with E-state index in [1.807, 2.05) is 24.3 Å². The van der Waals surface area contributed by atoms with Crippen molar-refractivity contribution in [2.45, 2.75) is 23.8 Å². The van der Waals surface area contributed by atoms with E-state index < -0.39 is 0 Å². The van der Waals surface area contributed by atoms with E-state index in [-0.39, 0.29) is 30.4 Å². The van der Waals surface area contributed by atoms with E-state index in [0.29, 0.717) is 38.5 Å². The zero-order valence-corrected chi connectivity index (χ0v) is 16.0. The van der Waals surface area contributed by atoms with Gasteiger partial charge in [0.15, 0.2) is 0 Å². The number of carbonyl (C=O) groups is 3. The van der Waals surface area contributed by atoms with E-state index in [1.165, 1.54) is 11.8 Å². The lowest BCUT2D eigenvalue weighted by molar-refractivity contribution is -0.145. The molecule has 0 aliphatic carbocycles. The number of piperazine rings is 1. The van der Waals surface area contributed by atoms with Gasteiger partial charge in [-0.3, -0.25) is 14.4 Å². The Balaban J connectivity index is 1.35. The molecule has 0 saturated carbocycles. The molecule has 144 valence electrons. The minimum Gasteiger partial charge on any atom is -0.368 e. The molecule has 3 aliphatic heterocycles. The second kappa shape index (κ2) is 7.90. The minimum absolute atomic E-state index is 0.0387. The Morgan fingerprint density at radius 3 is 2.59 bits per heavy atom. The van der Waals surface area contributed by atoms with E-state index in [4.69, 9.17) is 4.74 Å². The van der Waals surface area contributed by atoms with Crippen molar-refractivity contribution in [3.63, 3.8) is 0 Å². The van der Waals surface area contributed by atoms with Crippen LogP contribution in [0.3, 0.4) is 0 Å². The Labute approximate surface area is 162 Å². The third kappa shape index (κ3) is 3.82. The molecule has 0 spiro atoms. The molecule has 7 nitrogen and oxygen atoms in total. The number of para-hydroxylation sites is 1. The Morgan fingerprint density at radius 2 is 1.85 bits per heavy atom. The number of carbonyl (C=O) groups excluding carboxylic acids is 3. The third-order valence-electron chi connectivity index (χ3n) is 5.25. The average molecular weight is 389 g/mol. The number of benzene rings is 1. The van der Waals surface area contributed by atoms with Gasteiger partial charge in [0.2, 0.25) is 11.8 Å². The summed E-state index contributed by atoms with van der Waals surface area (Å²) in [5.41, 5.74) is 0.805. The summed E-state index contributed by atoms with van der Waals surface area (Å²) in [7, 11) is 0. The smallest absolute Gasteiger partial charge is 0.251 e. The fraction of sp³-hybridized carbons (Fsp3) is 0.526. The van der Waals surface area contributed by atoms with E-state index >= 15 is 0 Å². The third-order valence-corrected chi connectivity index (χ3v) is 6.30. The van der Waals surface area contributed by atoms with Crippen LogP contribution in [-0.2, 0) is 19.1 Å². The molecule has 3 amide bonds. The summed E-state index contributed by atoms with van der Waals surface area (Å²) in [6.45, 7) is 2.73. The highest BCUT2D eigenvalue weighted by Crippen LogP contribution is 2.34. The van der Waals surface area contributed by atoms with Crippen LogP contribution >= 0.6 is 11.8 Å². The number of hydrogen-bond donors (Lipinski definition) is 0. The van der Waals surface area contributed by atoms with E-state index in [2.05, 4.69) is 0 Å². The van der Waals surface area contributed by atoms with Crippen LogP contribution < -0.4 is 4.90 Å². The molecule has 1 aromatic rings. The minimum atomic E-state index is -0.313. The number of anilines is 1. The number of nitrogens with zero attached hydrogens (tertiary/aromatic N) is 3. The van der Waals surface area contributed by atoms with Crippen molar-refractivity contribution >= 4 is 35.2 Å². The number of hydrogen-bond acceptors (Lipinski definition) is 5. The molecular weight excluding hydrogens is 366 g/mol. The number of rotatable bonds is 3. The molecule has 3 aliphatic rings. The van der Waals surface area contributed by atoms with E-state index in [1.54, 1.807) is 14.7 Å². The molecular formula is C19H23N3O4S. The number of fused-ring (bicyclic) bond motifs is 1. The second-order valence-corrected chi connectivity index (χ2v) is 7.96. The first-order valence-corrected chi connectivity index (χ1v) is 10.3. The molecule has 27 heavy (non-hydrogen) atoms. The van der Waals surface area contributed by atoms with E-state index in [0.717, 1.165) is 23.4 Å². The fourth-order valence-corrected chi connectivity index (χ4v) is 4.65. The van der Waals surface area contributed by atoms with Crippen LogP contribution in [0, 0.1) is 0 Å². The summed E-state index contributed by atoms with van der Waals surface area (Å²) >= 11 is 1.51. The van der Waals surface area contributed by atoms with Crippen molar-refractivity contribution in [1.82, 2.24) is 9.80 Å². The highest BCUT2D eigenvalue weighted by Gasteiger charge is 2.33. The van der Waals surface area contributed by atoms with Gasteiger partial charge in [-0.15, -0.1) is 11.8 Å². The molecule has 8 heteroatoms. The molecule has 0 radical (unpaired) electrons. The first kappa shape index (κ1) is 18.3. The SMILES string of the molecule is O=C(CN1C(=O)CSc2ccccc21)N1CCN(C(=O)C2CCCO2)CC1. The maximum Gasteiger partial charge on any atom is 0.251 e. The fourth-order valence-electron chi connectivity index (χ4n) is 3.71. The predicted octanol–water partition coefficient (Wildman–Crippen LogP) is 0.975. The van der Waals surface area contributed by atoms with Gasteiger partial charge in [-0.2, -0.15) is 0 Å². The predicted molar refractivity (Wildman–Crippen MR) is 102 cm³/mol. The van der Waals surface area contributed by atoms with Crippen LogP contribution in [0.15, 0.2) is 29.2 Å². The van der Waals surface area contributed by atoms with Gasteiger partial charge in [0, 0.05) is 37.7 Å². The van der Waals surface area contributed by atoms with Crippen LogP contribution in [0.25, 0.3) is 0 Å². The van der Waals surface area contributed by atoms with Crippen LogP contribution in [0.4, 0.5) is 5.69 Å². The lowest BCUT2D eigenvalue weighted by Crippen LogP contribution is -2.55. The maximum atomic E-state index is 12.8. The molecule has 1 aromatic carbocycles. The summed E-state index contributed by atoms with van der Waals surface area (Å²) in [6, 6.07) is 7.67. The molecule has 0 N–H and O–H groups in total. The zero-order chi connectivity index (χ0) is 18.8. The standard InChI is InChI=1S/C19H23N3O4S/c23-17(12-22-14-4-1-2-6-16(14)27-13-18(22)24)20-7-9-21(10-8-20)19(25)15-5-3-11-26-15/h1-2,4,6,15H,3,5,7-13H2. The molecule has 0 aromatic heterocycles. The highest BCUT2D eigenvalue weighted by atomic mass is 32.2. The van der Waals surface area contributed by atoms with Gasteiger partial charge in [-0.05, 0) is 25.0 Å². The van der Waals surface area contributed by atoms with Crippen molar-refractivity contribution in [2.24, 2.45) is 0 Å². The Bertz CT molecular complexity index is 742. The van der Waals surface area contributed by atoms with Crippen molar-refractivity contribution in [1.29, 1.82) is 0 Å². The van der Waals surface area contributed by atoms with Crippen LogP contribution in [0.1, 0.15) is 12.8 Å².